The first kappa shape index (κ1) is 14.2. The average molecular weight is 270 g/mol. The van der Waals surface area contributed by atoms with Crippen LogP contribution in [-0.4, -0.2) is 18.9 Å². The standard InChI is InChI=1S/C10H7F5O3/c1-2-17-9(16)6-3-5(11)4-7(8(6)12)18-10(13,14)15/h3-4H,2H2,1H3. The van der Waals surface area contributed by atoms with Crippen LogP contribution in [0.4, 0.5) is 22.0 Å². The van der Waals surface area contributed by atoms with Crippen LogP contribution in [0.1, 0.15) is 17.3 Å². The Kier molecular flexibility index (Phi) is 4.10. The van der Waals surface area contributed by atoms with Crippen LogP contribution in [0, 0.1) is 11.6 Å². The van der Waals surface area contributed by atoms with Crippen LogP contribution in [0.15, 0.2) is 12.1 Å². The van der Waals surface area contributed by atoms with Gasteiger partial charge in [0.15, 0.2) is 11.6 Å². The first-order valence-electron chi connectivity index (χ1n) is 4.66. The molecular weight excluding hydrogens is 263 g/mol. The Labute approximate surface area is 98.1 Å². The van der Waals surface area contributed by atoms with E-state index in [1.807, 2.05) is 0 Å². The van der Waals surface area contributed by atoms with Crippen molar-refractivity contribution in [2.75, 3.05) is 6.61 Å². The summed E-state index contributed by atoms with van der Waals surface area (Å²) in [5.41, 5.74) is -0.962. The van der Waals surface area contributed by atoms with Gasteiger partial charge in [0.2, 0.25) is 0 Å². The molecule has 0 aliphatic rings. The lowest BCUT2D eigenvalue weighted by molar-refractivity contribution is -0.275. The number of hydrogen-bond acceptors (Lipinski definition) is 3. The van der Waals surface area contributed by atoms with Crippen molar-refractivity contribution in [3.63, 3.8) is 0 Å². The number of alkyl halides is 3. The molecule has 1 rings (SSSR count). The molecule has 0 spiro atoms. The van der Waals surface area contributed by atoms with Gasteiger partial charge < -0.3 is 9.47 Å². The smallest absolute Gasteiger partial charge is 0.462 e. The summed E-state index contributed by atoms with van der Waals surface area (Å²) >= 11 is 0. The first-order valence-corrected chi connectivity index (χ1v) is 4.66. The maximum absolute atomic E-state index is 13.5. The van der Waals surface area contributed by atoms with E-state index in [4.69, 9.17) is 0 Å². The molecule has 0 radical (unpaired) electrons. The molecule has 0 heterocycles. The number of benzene rings is 1. The molecule has 0 unspecified atom stereocenters. The van der Waals surface area contributed by atoms with Gasteiger partial charge in [-0.05, 0) is 13.0 Å². The van der Waals surface area contributed by atoms with E-state index < -0.39 is 35.3 Å². The number of carbonyl (C=O) groups excluding carboxylic acids is 1. The highest BCUT2D eigenvalue weighted by atomic mass is 19.4. The third-order valence-corrected chi connectivity index (χ3v) is 1.73. The fourth-order valence-electron chi connectivity index (χ4n) is 1.12. The maximum Gasteiger partial charge on any atom is 0.573 e. The largest absolute Gasteiger partial charge is 0.573 e. The quantitative estimate of drug-likeness (QED) is 0.625. The third kappa shape index (κ3) is 3.57. The molecule has 3 nitrogen and oxygen atoms in total. The number of ether oxygens (including phenoxy) is 2. The van der Waals surface area contributed by atoms with Gasteiger partial charge >= 0.3 is 12.3 Å². The van der Waals surface area contributed by atoms with Crippen molar-refractivity contribution >= 4 is 5.97 Å². The van der Waals surface area contributed by atoms with Crippen LogP contribution in [0.3, 0.4) is 0 Å². The Morgan fingerprint density at radius 1 is 1.28 bits per heavy atom. The second kappa shape index (κ2) is 5.19. The Morgan fingerprint density at radius 3 is 2.39 bits per heavy atom. The van der Waals surface area contributed by atoms with Crippen LogP contribution in [0.5, 0.6) is 5.75 Å². The van der Waals surface area contributed by atoms with Gasteiger partial charge in [0.1, 0.15) is 11.4 Å². The molecule has 0 N–H and O–H groups in total. The van der Waals surface area contributed by atoms with Gasteiger partial charge in [-0.25, -0.2) is 13.6 Å². The van der Waals surface area contributed by atoms with Crippen LogP contribution in [-0.2, 0) is 4.74 Å². The molecule has 8 heteroatoms. The predicted molar refractivity (Wildman–Crippen MR) is 49.0 cm³/mol. The highest BCUT2D eigenvalue weighted by Crippen LogP contribution is 2.28. The Bertz CT molecular complexity index is 456. The molecule has 0 bridgehead atoms. The van der Waals surface area contributed by atoms with Crippen molar-refractivity contribution in [1.82, 2.24) is 0 Å². The average Bonchev–Trinajstić information content (AvgIpc) is 2.21. The topological polar surface area (TPSA) is 35.5 Å². The van der Waals surface area contributed by atoms with Crippen molar-refractivity contribution in [2.24, 2.45) is 0 Å². The van der Waals surface area contributed by atoms with Gasteiger partial charge in [-0.2, -0.15) is 0 Å². The van der Waals surface area contributed by atoms with E-state index in [1.165, 1.54) is 6.92 Å². The van der Waals surface area contributed by atoms with Crippen LogP contribution in [0.2, 0.25) is 0 Å². The van der Waals surface area contributed by atoms with E-state index in [2.05, 4.69) is 9.47 Å². The molecule has 1 aromatic rings. The van der Waals surface area contributed by atoms with E-state index in [-0.39, 0.29) is 12.7 Å². The minimum Gasteiger partial charge on any atom is -0.462 e. The van der Waals surface area contributed by atoms with Gasteiger partial charge in [-0.3, -0.25) is 0 Å². The Hall–Kier alpha value is -1.86. The molecule has 0 aliphatic carbocycles. The molecule has 0 atom stereocenters. The summed E-state index contributed by atoms with van der Waals surface area (Å²) in [5.74, 6) is -5.59. The lowest BCUT2D eigenvalue weighted by atomic mass is 10.2. The lowest BCUT2D eigenvalue weighted by Crippen LogP contribution is -2.19. The summed E-state index contributed by atoms with van der Waals surface area (Å²) < 4.78 is 69.8. The summed E-state index contributed by atoms with van der Waals surface area (Å²) in [7, 11) is 0. The minimum atomic E-state index is -5.19. The maximum atomic E-state index is 13.5. The summed E-state index contributed by atoms with van der Waals surface area (Å²) in [4.78, 5) is 11.2. The fraction of sp³-hybridized carbons (Fsp3) is 0.300. The molecule has 0 aromatic heterocycles. The summed E-state index contributed by atoms with van der Waals surface area (Å²) in [6, 6.07) is 0.613. The Balaban J connectivity index is 3.18. The SMILES string of the molecule is CCOC(=O)c1cc(F)cc(OC(F)(F)F)c1F. The van der Waals surface area contributed by atoms with E-state index in [0.29, 0.717) is 6.07 Å². The number of carbonyl (C=O) groups is 1. The minimum absolute atomic E-state index is 0.135. The van der Waals surface area contributed by atoms with Gasteiger partial charge in [-0.1, -0.05) is 0 Å². The molecule has 1 aromatic carbocycles. The van der Waals surface area contributed by atoms with Crippen molar-refractivity contribution in [2.45, 2.75) is 13.3 Å². The second-order valence-electron chi connectivity index (χ2n) is 3.03. The highest BCUT2D eigenvalue weighted by Gasteiger charge is 2.34. The first-order chi connectivity index (χ1) is 8.24. The van der Waals surface area contributed by atoms with Crippen LogP contribution >= 0.6 is 0 Å². The molecule has 0 fully saturated rings. The van der Waals surface area contributed by atoms with Gasteiger partial charge in [0, 0.05) is 6.07 Å². The molecule has 100 valence electrons. The third-order valence-electron chi connectivity index (χ3n) is 1.73. The molecule has 0 saturated carbocycles. The summed E-state index contributed by atoms with van der Waals surface area (Å²) in [6.07, 6.45) is -5.19. The van der Waals surface area contributed by atoms with Crippen molar-refractivity contribution in [3.05, 3.63) is 29.3 Å². The molecule has 0 saturated heterocycles. The molecular formula is C10H7F5O3. The van der Waals surface area contributed by atoms with E-state index in [0.717, 1.165) is 0 Å². The fourth-order valence-corrected chi connectivity index (χ4v) is 1.12. The van der Waals surface area contributed by atoms with Gasteiger partial charge in [-0.15, -0.1) is 13.2 Å². The molecule has 0 amide bonds. The highest BCUT2D eigenvalue weighted by molar-refractivity contribution is 5.90. The van der Waals surface area contributed by atoms with E-state index in [9.17, 15) is 26.7 Å². The molecule has 0 aliphatic heterocycles. The lowest BCUT2D eigenvalue weighted by Gasteiger charge is -2.11. The van der Waals surface area contributed by atoms with Crippen LogP contribution < -0.4 is 4.74 Å². The monoisotopic (exact) mass is 270 g/mol. The number of hydrogen-bond donors (Lipinski definition) is 0. The zero-order valence-electron chi connectivity index (χ0n) is 8.98. The van der Waals surface area contributed by atoms with Gasteiger partial charge in [0.25, 0.3) is 0 Å². The predicted octanol–water partition coefficient (Wildman–Crippen LogP) is 3.04. The number of rotatable bonds is 3. The summed E-state index contributed by atoms with van der Waals surface area (Å²) in [5, 5.41) is 0. The zero-order chi connectivity index (χ0) is 13.9. The van der Waals surface area contributed by atoms with Crippen molar-refractivity contribution in [1.29, 1.82) is 0 Å². The van der Waals surface area contributed by atoms with E-state index >= 15 is 0 Å². The second-order valence-corrected chi connectivity index (χ2v) is 3.03. The molecule has 18 heavy (non-hydrogen) atoms. The van der Waals surface area contributed by atoms with E-state index in [1.54, 1.807) is 0 Å². The van der Waals surface area contributed by atoms with Crippen molar-refractivity contribution < 1.29 is 36.2 Å². The Morgan fingerprint density at radius 2 is 1.89 bits per heavy atom. The number of esters is 1. The summed E-state index contributed by atoms with van der Waals surface area (Å²) in [6.45, 7) is 1.27. The zero-order valence-corrected chi connectivity index (χ0v) is 8.98. The van der Waals surface area contributed by atoms with Crippen molar-refractivity contribution in [3.8, 4) is 5.75 Å². The number of halogens is 5. The normalized spacial score (nSPS) is 11.2. The van der Waals surface area contributed by atoms with Crippen LogP contribution in [0.25, 0.3) is 0 Å². The van der Waals surface area contributed by atoms with Gasteiger partial charge in [0.05, 0.1) is 6.61 Å².